The standard InChI is InChI=1S/C23H20N4O/c1-2-27(19-10-4-3-5-11-19)23(28)18-13-14-21(25-16-18)26-20-12-6-8-17-9-7-15-24-22(17)20/h3-16H,2H2,1H3,(H,25,26). The minimum absolute atomic E-state index is 0.0698. The average molecular weight is 368 g/mol. The molecule has 1 amide bonds. The van der Waals surface area contributed by atoms with Crippen LogP contribution in [0.4, 0.5) is 17.2 Å². The summed E-state index contributed by atoms with van der Waals surface area (Å²) in [6, 6.07) is 23.1. The van der Waals surface area contributed by atoms with Gasteiger partial charge in [-0.3, -0.25) is 9.78 Å². The Labute approximate surface area is 163 Å². The van der Waals surface area contributed by atoms with E-state index in [0.717, 1.165) is 22.3 Å². The van der Waals surface area contributed by atoms with Gasteiger partial charge in [-0.15, -0.1) is 0 Å². The summed E-state index contributed by atoms with van der Waals surface area (Å²) in [4.78, 5) is 23.5. The van der Waals surface area contributed by atoms with Crippen LogP contribution in [0.15, 0.2) is 85.2 Å². The molecule has 0 atom stereocenters. The fourth-order valence-corrected chi connectivity index (χ4v) is 3.14. The summed E-state index contributed by atoms with van der Waals surface area (Å²) in [5.74, 6) is 0.594. The van der Waals surface area contributed by atoms with Gasteiger partial charge in [-0.25, -0.2) is 4.98 Å². The quantitative estimate of drug-likeness (QED) is 0.536. The van der Waals surface area contributed by atoms with Crippen molar-refractivity contribution in [2.45, 2.75) is 6.92 Å². The third-order valence-electron chi connectivity index (χ3n) is 4.54. The monoisotopic (exact) mass is 368 g/mol. The molecule has 4 rings (SSSR count). The Balaban J connectivity index is 1.56. The molecule has 0 saturated carbocycles. The van der Waals surface area contributed by atoms with Crippen molar-refractivity contribution >= 4 is 34.0 Å². The number of fused-ring (bicyclic) bond motifs is 1. The Kier molecular flexibility index (Phi) is 4.97. The largest absolute Gasteiger partial charge is 0.338 e. The van der Waals surface area contributed by atoms with Crippen LogP contribution in [0.3, 0.4) is 0 Å². The lowest BCUT2D eigenvalue weighted by atomic mass is 10.2. The van der Waals surface area contributed by atoms with Crippen LogP contribution >= 0.6 is 0 Å². The summed E-state index contributed by atoms with van der Waals surface area (Å²) in [6.45, 7) is 2.55. The summed E-state index contributed by atoms with van der Waals surface area (Å²) in [5.41, 5.74) is 3.18. The molecule has 2 heterocycles. The SMILES string of the molecule is CCN(C(=O)c1ccc(Nc2cccc3cccnc23)nc1)c1ccccc1. The molecule has 0 radical (unpaired) electrons. The van der Waals surface area contributed by atoms with Gasteiger partial charge in [0, 0.05) is 30.0 Å². The number of nitrogens with zero attached hydrogens (tertiary/aromatic N) is 3. The maximum absolute atomic E-state index is 12.9. The van der Waals surface area contributed by atoms with Crippen molar-refractivity contribution < 1.29 is 4.79 Å². The second-order valence-corrected chi connectivity index (χ2v) is 6.32. The summed E-state index contributed by atoms with van der Waals surface area (Å²) < 4.78 is 0. The van der Waals surface area contributed by atoms with Crippen LogP contribution in [0.5, 0.6) is 0 Å². The van der Waals surface area contributed by atoms with E-state index in [1.54, 1.807) is 23.4 Å². The zero-order valence-corrected chi connectivity index (χ0v) is 15.5. The number of pyridine rings is 2. The first-order valence-corrected chi connectivity index (χ1v) is 9.20. The van der Waals surface area contributed by atoms with Crippen LogP contribution in [0, 0.1) is 0 Å². The molecular weight excluding hydrogens is 348 g/mol. The van der Waals surface area contributed by atoms with Crippen molar-refractivity contribution in [3.8, 4) is 0 Å². The highest BCUT2D eigenvalue weighted by Crippen LogP contribution is 2.24. The van der Waals surface area contributed by atoms with Crippen molar-refractivity contribution in [3.63, 3.8) is 0 Å². The third-order valence-corrected chi connectivity index (χ3v) is 4.54. The Morgan fingerprint density at radius 2 is 1.75 bits per heavy atom. The number of carbonyl (C=O) groups excluding carboxylic acids is 1. The lowest BCUT2D eigenvalue weighted by Crippen LogP contribution is -2.30. The molecule has 28 heavy (non-hydrogen) atoms. The fraction of sp³-hybridized carbons (Fsp3) is 0.0870. The number of benzene rings is 2. The third kappa shape index (κ3) is 3.55. The number of aromatic nitrogens is 2. The van der Waals surface area contributed by atoms with Crippen LogP contribution < -0.4 is 10.2 Å². The van der Waals surface area contributed by atoms with E-state index in [0.29, 0.717) is 17.9 Å². The maximum atomic E-state index is 12.9. The molecule has 0 unspecified atom stereocenters. The maximum Gasteiger partial charge on any atom is 0.259 e. The molecule has 0 aliphatic carbocycles. The molecule has 5 nitrogen and oxygen atoms in total. The number of nitrogens with one attached hydrogen (secondary N) is 1. The molecule has 5 heteroatoms. The highest BCUT2D eigenvalue weighted by atomic mass is 16.2. The molecule has 4 aromatic rings. The van der Waals surface area contributed by atoms with Crippen molar-refractivity contribution in [2.75, 3.05) is 16.8 Å². The minimum Gasteiger partial charge on any atom is -0.338 e. The normalized spacial score (nSPS) is 10.6. The van der Waals surface area contributed by atoms with E-state index in [-0.39, 0.29) is 5.91 Å². The van der Waals surface area contributed by atoms with Gasteiger partial charge >= 0.3 is 0 Å². The Morgan fingerprint density at radius 1 is 0.929 bits per heavy atom. The molecule has 2 aromatic heterocycles. The molecule has 0 aliphatic rings. The van der Waals surface area contributed by atoms with Gasteiger partial charge < -0.3 is 10.2 Å². The summed E-state index contributed by atoms with van der Waals surface area (Å²) >= 11 is 0. The number of amides is 1. The number of anilines is 3. The highest BCUT2D eigenvalue weighted by Gasteiger charge is 2.16. The number of para-hydroxylation sites is 2. The first kappa shape index (κ1) is 17.7. The molecular formula is C23H20N4O. The zero-order chi connectivity index (χ0) is 19.3. The van der Waals surface area contributed by atoms with E-state index in [9.17, 15) is 4.79 Å². The van der Waals surface area contributed by atoms with E-state index in [2.05, 4.69) is 15.3 Å². The van der Waals surface area contributed by atoms with E-state index in [1.165, 1.54) is 0 Å². The molecule has 138 valence electrons. The van der Waals surface area contributed by atoms with Gasteiger partial charge in [-0.2, -0.15) is 0 Å². The lowest BCUT2D eigenvalue weighted by Gasteiger charge is -2.21. The molecule has 0 saturated heterocycles. The van der Waals surface area contributed by atoms with Gasteiger partial charge in [0.1, 0.15) is 5.82 Å². The number of rotatable bonds is 5. The van der Waals surface area contributed by atoms with Crippen LogP contribution in [0.25, 0.3) is 10.9 Å². The zero-order valence-electron chi connectivity index (χ0n) is 15.5. The van der Waals surface area contributed by atoms with Gasteiger partial charge in [-0.1, -0.05) is 36.4 Å². The number of hydrogen-bond acceptors (Lipinski definition) is 4. The molecule has 0 spiro atoms. The Hall–Kier alpha value is -3.73. The summed E-state index contributed by atoms with van der Waals surface area (Å²) in [7, 11) is 0. The second kappa shape index (κ2) is 7.88. The molecule has 0 bridgehead atoms. The first-order chi connectivity index (χ1) is 13.8. The summed E-state index contributed by atoms with van der Waals surface area (Å²) in [5, 5.41) is 4.35. The minimum atomic E-state index is -0.0698. The average Bonchev–Trinajstić information content (AvgIpc) is 2.76. The van der Waals surface area contributed by atoms with Gasteiger partial charge in [0.05, 0.1) is 16.8 Å². The van der Waals surface area contributed by atoms with E-state index in [4.69, 9.17) is 0 Å². The molecule has 1 N–H and O–H groups in total. The highest BCUT2D eigenvalue weighted by molar-refractivity contribution is 6.06. The van der Waals surface area contributed by atoms with Gasteiger partial charge in [0.25, 0.3) is 5.91 Å². The molecule has 2 aromatic carbocycles. The van der Waals surface area contributed by atoms with Crippen LogP contribution in [-0.4, -0.2) is 22.4 Å². The second-order valence-electron chi connectivity index (χ2n) is 6.32. The number of hydrogen-bond donors (Lipinski definition) is 1. The summed E-state index contributed by atoms with van der Waals surface area (Å²) in [6.07, 6.45) is 3.38. The van der Waals surface area contributed by atoms with Crippen molar-refractivity contribution in [2.24, 2.45) is 0 Å². The number of carbonyl (C=O) groups is 1. The van der Waals surface area contributed by atoms with Crippen LogP contribution in [-0.2, 0) is 0 Å². The van der Waals surface area contributed by atoms with E-state index >= 15 is 0 Å². The lowest BCUT2D eigenvalue weighted by molar-refractivity contribution is 0.0988. The van der Waals surface area contributed by atoms with Gasteiger partial charge in [-0.05, 0) is 43.3 Å². The van der Waals surface area contributed by atoms with E-state index < -0.39 is 0 Å². The fourth-order valence-electron chi connectivity index (χ4n) is 3.14. The van der Waals surface area contributed by atoms with Gasteiger partial charge in [0.15, 0.2) is 0 Å². The topological polar surface area (TPSA) is 58.1 Å². The Morgan fingerprint density at radius 3 is 2.50 bits per heavy atom. The van der Waals surface area contributed by atoms with Crippen LogP contribution in [0.1, 0.15) is 17.3 Å². The van der Waals surface area contributed by atoms with Gasteiger partial charge in [0.2, 0.25) is 0 Å². The van der Waals surface area contributed by atoms with E-state index in [1.807, 2.05) is 73.7 Å². The van der Waals surface area contributed by atoms with Crippen molar-refractivity contribution in [3.05, 3.63) is 90.8 Å². The molecule has 0 aliphatic heterocycles. The smallest absolute Gasteiger partial charge is 0.259 e. The molecule has 0 fully saturated rings. The predicted molar refractivity (Wildman–Crippen MR) is 113 cm³/mol. The predicted octanol–water partition coefficient (Wildman–Crippen LogP) is 5.04. The Bertz CT molecular complexity index is 1090. The first-order valence-electron chi connectivity index (χ1n) is 9.20. The van der Waals surface area contributed by atoms with Crippen LogP contribution in [0.2, 0.25) is 0 Å². The van der Waals surface area contributed by atoms with Crippen molar-refractivity contribution in [1.82, 2.24) is 9.97 Å². The van der Waals surface area contributed by atoms with Crippen molar-refractivity contribution in [1.29, 1.82) is 0 Å².